The van der Waals surface area contributed by atoms with E-state index in [9.17, 15) is 5.11 Å². The average Bonchev–Trinajstić information content (AvgIpc) is 3.13. The first-order chi connectivity index (χ1) is 11.6. The van der Waals surface area contributed by atoms with Gasteiger partial charge >= 0.3 is 0 Å². The minimum Gasteiger partial charge on any atom is -0.390 e. The van der Waals surface area contributed by atoms with Crippen molar-refractivity contribution in [1.29, 1.82) is 0 Å². The molecule has 2 aliphatic rings. The van der Waals surface area contributed by atoms with Crippen LogP contribution in [0, 0.1) is 6.92 Å². The average molecular weight is 328 g/mol. The van der Waals surface area contributed by atoms with E-state index in [1.807, 2.05) is 14.1 Å². The van der Waals surface area contributed by atoms with E-state index >= 15 is 0 Å². The molecule has 7 nitrogen and oxygen atoms in total. The molecule has 2 aromatic heterocycles. The number of hydrogen-bond donors (Lipinski definition) is 3. The summed E-state index contributed by atoms with van der Waals surface area (Å²) in [5, 5.41) is 17.6. The van der Waals surface area contributed by atoms with Crippen LogP contribution in [0.2, 0.25) is 0 Å². The predicted octanol–water partition coefficient (Wildman–Crippen LogP) is 0.950. The molecule has 24 heavy (non-hydrogen) atoms. The van der Waals surface area contributed by atoms with Crippen LogP contribution in [0.3, 0.4) is 0 Å². The van der Waals surface area contributed by atoms with Gasteiger partial charge in [-0.3, -0.25) is 0 Å². The lowest BCUT2D eigenvalue weighted by Crippen LogP contribution is -2.32. The number of likely N-dealkylation sites (tertiary alicyclic amines) is 1. The SMILES string of the molecule is CNc1nc(N[C@H]2CN(C)C[C@H]2O)nc2nc3c(c(C)c12)CCC3. The Morgan fingerprint density at radius 2 is 2.00 bits per heavy atom. The van der Waals surface area contributed by atoms with Crippen molar-refractivity contribution in [2.45, 2.75) is 38.3 Å². The molecule has 0 unspecified atom stereocenters. The molecule has 128 valence electrons. The van der Waals surface area contributed by atoms with Gasteiger partial charge in [0.15, 0.2) is 5.65 Å². The highest BCUT2D eigenvalue weighted by Crippen LogP contribution is 2.32. The van der Waals surface area contributed by atoms with Crippen LogP contribution in [0.4, 0.5) is 11.8 Å². The molecule has 1 fully saturated rings. The summed E-state index contributed by atoms with van der Waals surface area (Å²) in [6.07, 6.45) is 2.86. The van der Waals surface area contributed by atoms with Gasteiger partial charge in [0.2, 0.25) is 5.95 Å². The molecular weight excluding hydrogens is 304 g/mol. The van der Waals surface area contributed by atoms with Gasteiger partial charge in [-0.05, 0) is 44.4 Å². The van der Waals surface area contributed by atoms with Gasteiger partial charge in [0.05, 0.1) is 17.5 Å². The summed E-state index contributed by atoms with van der Waals surface area (Å²) in [5.74, 6) is 1.32. The predicted molar refractivity (Wildman–Crippen MR) is 94.6 cm³/mol. The van der Waals surface area contributed by atoms with Crippen molar-refractivity contribution in [3.05, 3.63) is 16.8 Å². The zero-order valence-electron chi connectivity index (χ0n) is 14.4. The molecule has 2 atom stereocenters. The molecule has 0 radical (unpaired) electrons. The molecule has 0 spiro atoms. The first-order valence-electron chi connectivity index (χ1n) is 8.58. The van der Waals surface area contributed by atoms with Crippen molar-refractivity contribution >= 4 is 22.8 Å². The van der Waals surface area contributed by atoms with Gasteiger partial charge < -0.3 is 20.6 Å². The molecule has 3 heterocycles. The number of aryl methyl sites for hydroxylation is 2. The fourth-order valence-electron chi connectivity index (χ4n) is 3.94. The van der Waals surface area contributed by atoms with Gasteiger partial charge in [-0.1, -0.05) is 0 Å². The summed E-state index contributed by atoms with van der Waals surface area (Å²) < 4.78 is 0. The fraction of sp³-hybridized carbons (Fsp3) is 0.588. The van der Waals surface area contributed by atoms with Crippen LogP contribution < -0.4 is 10.6 Å². The lowest BCUT2D eigenvalue weighted by atomic mass is 10.1. The topological polar surface area (TPSA) is 86.2 Å². The third kappa shape index (κ3) is 2.48. The molecule has 4 rings (SSSR count). The van der Waals surface area contributed by atoms with Gasteiger partial charge in [0.25, 0.3) is 0 Å². The van der Waals surface area contributed by atoms with Crippen LogP contribution in [-0.4, -0.2) is 64.3 Å². The maximum absolute atomic E-state index is 10.1. The monoisotopic (exact) mass is 328 g/mol. The Hall–Kier alpha value is -1.99. The van der Waals surface area contributed by atoms with Gasteiger partial charge in [-0.2, -0.15) is 9.97 Å². The number of rotatable bonds is 3. The second kappa shape index (κ2) is 5.82. The standard InChI is InChI=1S/C17H24N6O/c1-9-10-5-4-6-11(10)19-16-14(9)15(18-2)21-17(22-16)20-12-7-23(3)8-13(12)24/h12-13,24H,4-8H2,1-3H3,(H2,18,19,20,21,22)/t12-,13+/m0/s1. The third-order valence-corrected chi connectivity index (χ3v) is 5.17. The number of fused-ring (bicyclic) bond motifs is 2. The first kappa shape index (κ1) is 15.5. The molecule has 0 amide bonds. The number of pyridine rings is 1. The normalized spacial score (nSPS) is 23.7. The Labute approximate surface area is 141 Å². The largest absolute Gasteiger partial charge is 0.390 e. The molecule has 3 N–H and O–H groups in total. The highest BCUT2D eigenvalue weighted by Gasteiger charge is 2.30. The van der Waals surface area contributed by atoms with Gasteiger partial charge in [0.1, 0.15) is 5.82 Å². The van der Waals surface area contributed by atoms with E-state index in [-0.39, 0.29) is 6.04 Å². The maximum Gasteiger partial charge on any atom is 0.227 e. The lowest BCUT2D eigenvalue weighted by Gasteiger charge is -2.18. The summed E-state index contributed by atoms with van der Waals surface area (Å²) >= 11 is 0. The molecule has 1 saturated heterocycles. The van der Waals surface area contributed by atoms with E-state index in [4.69, 9.17) is 4.98 Å². The number of likely N-dealkylation sites (N-methyl/N-ethyl adjacent to an activating group) is 1. The maximum atomic E-state index is 10.1. The van der Waals surface area contributed by atoms with E-state index in [2.05, 4.69) is 32.4 Å². The smallest absolute Gasteiger partial charge is 0.227 e. The molecule has 0 aromatic carbocycles. The molecule has 1 aliphatic carbocycles. The van der Waals surface area contributed by atoms with Gasteiger partial charge in [0, 0.05) is 25.8 Å². The summed E-state index contributed by atoms with van der Waals surface area (Å²) in [6, 6.07) is -0.0623. The summed E-state index contributed by atoms with van der Waals surface area (Å²) in [6.45, 7) is 3.57. The van der Waals surface area contributed by atoms with Gasteiger partial charge in [-0.15, -0.1) is 0 Å². The van der Waals surface area contributed by atoms with Crippen molar-refractivity contribution < 1.29 is 5.11 Å². The Bertz CT molecular complexity index is 792. The van der Waals surface area contributed by atoms with Crippen LogP contribution in [0.25, 0.3) is 11.0 Å². The second-order valence-corrected chi connectivity index (χ2v) is 6.90. The summed E-state index contributed by atoms with van der Waals surface area (Å²) in [4.78, 5) is 16.2. The highest BCUT2D eigenvalue weighted by atomic mass is 16.3. The van der Waals surface area contributed by atoms with E-state index in [0.717, 1.165) is 42.7 Å². The van der Waals surface area contributed by atoms with Crippen molar-refractivity contribution in [1.82, 2.24) is 19.9 Å². The third-order valence-electron chi connectivity index (χ3n) is 5.17. The number of anilines is 2. The van der Waals surface area contributed by atoms with Gasteiger partial charge in [-0.25, -0.2) is 4.98 Å². The first-order valence-corrected chi connectivity index (χ1v) is 8.58. The van der Waals surface area contributed by atoms with Crippen molar-refractivity contribution in [2.75, 3.05) is 37.8 Å². The van der Waals surface area contributed by atoms with Crippen LogP contribution in [0.1, 0.15) is 23.2 Å². The molecular formula is C17H24N6O. The molecule has 1 aliphatic heterocycles. The Kier molecular flexibility index (Phi) is 3.77. The van der Waals surface area contributed by atoms with Crippen molar-refractivity contribution in [2.24, 2.45) is 0 Å². The number of nitrogens with zero attached hydrogens (tertiary/aromatic N) is 4. The van der Waals surface area contributed by atoms with E-state index in [1.54, 1.807) is 0 Å². The zero-order chi connectivity index (χ0) is 16.8. The van der Waals surface area contributed by atoms with Crippen molar-refractivity contribution in [3.63, 3.8) is 0 Å². The minimum atomic E-state index is -0.415. The fourth-order valence-corrected chi connectivity index (χ4v) is 3.94. The van der Waals surface area contributed by atoms with E-state index < -0.39 is 6.10 Å². The summed E-state index contributed by atoms with van der Waals surface area (Å²) in [5.41, 5.74) is 4.50. The Morgan fingerprint density at radius 3 is 2.71 bits per heavy atom. The van der Waals surface area contributed by atoms with Crippen LogP contribution in [0.5, 0.6) is 0 Å². The molecule has 2 aromatic rings. The zero-order valence-corrected chi connectivity index (χ0v) is 14.4. The molecule has 0 saturated carbocycles. The highest BCUT2D eigenvalue weighted by molar-refractivity contribution is 5.91. The molecule has 0 bridgehead atoms. The van der Waals surface area contributed by atoms with Crippen LogP contribution in [0.15, 0.2) is 0 Å². The van der Waals surface area contributed by atoms with E-state index in [1.165, 1.54) is 16.8 Å². The van der Waals surface area contributed by atoms with E-state index in [0.29, 0.717) is 12.5 Å². The quantitative estimate of drug-likeness (QED) is 0.773. The number of aromatic nitrogens is 3. The Morgan fingerprint density at radius 1 is 1.17 bits per heavy atom. The number of aliphatic hydroxyl groups excluding tert-OH is 1. The second-order valence-electron chi connectivity index (χ2n) is 6.90. The Balaban J connectivity index is 1.77. The van der Waals surface area contributed by atoms with Crippen LogP contribution in [-0.2, 0) is 12.8 Å². The summed E-state index contributed by atoms with van der Waals surface area (Å²) in [7, 11) is 3.87. The number of nitrogens with one attached hydrogen (secondary N) is 2. The number of hydrogen-bond acceptors (Lipinski definition) is 7. The number of aliphatic hydroxyl groups is 1. The minimum absolute atomic E-state index is 0.0623. The van der Waals surface area contributed by atoms with Crippen molar-refractivity contribution in [3.8, 4) is 0 Å². The molecule has 7 heteroatoms. The lowest BCUT2D eigenvalue weighted by molar-refractivity contribution is 0.174. The van der Waals surface area contributed by atoms with Crippen LogP contribution >= 0.6 is 0 Å². The number of β-amino-alcohol motifs (C(OH)–C–C–N with tert-alkyl or cyclic N) is 1.